The average molecular weight is 432 g/mol. The molecule has 0 aliphatic carbocycles. The summed E-state index contributed by atoms with van der Waals surface area (Å²) in [5.41, 5.74) is 1.11. The van der Waals surface area contributed by atoms with Crippen molar-refractivity contribution in [2.45, 2.75) is 19.4 Å². The third-order valence-electron chi connectivity index (χ3n) is 4.90. The molecule has 1 aromatic heterocycles. The van der Waals surface area contributed by atoms with E-state index in [4.69, 9.17) is 9.47 Å². The second-order valence-corrected chi connectivity index (χ2v) is 7.78. The van der Waals surface area contributed by atoms with Gasteiger partial charge in [-0.05, 0) is 53.5 Å². The molecule has 1 amide bonds. The highest BCUT2D eigenvalue weighted by molar-refractivity contribution is 9.10. The van der Waals surface area contributed by atoms with Crippen molar-refractivity contribution in [3.63, 3.8) is 0 Å². The third kappa shape index (κ3) is 4.42. The number of para-hydroxylation sites is 1. The molecule has 0 bridgehead atoms. The predicted molar refractivity (Wildman–Crippen MR) is 106 cm³/mol. The van der Waals surface area contributed by atoms with Crippen molar-refractivity contribution in [1.82, 2.24) is 9.88 Å². The van der Waals surface area contributed by atoms with Gasteiger partial charge in [-0.25, -0.2) is 4.98 Å². The maximum absolute atomic E-state index is 12.6. The van der Waals surface area contributed by atoms with Crippen LogP contribution in [0.5, 0.6) is 11.5 Å². The molecule has 27 heavy (non-hydrogen) atoms. The third-order valence-corrected chi connectivity index (χ3v) is 5.37. The molecule has 2 aliphatic heterocycles. The molecule has 0 spiro atoms. The standard InChI is InChI=1S/C20H22BrN3O3/c21-16-6-7-18(22-11-16)23-20(25)15-4-2-8-24(13-15)12-14-3-1-5-17-19(14)27-10-9-26-17/h1,3,5-7,11,15H,2,4,8-10,12-13H2,(H,22,23,25). The minimum atomic E-state index is -0.0408. The minimum absolute atomic E-state index is 0.0317. The second-order valence-electron chi connectivity index (χ2n) is 6.87. The van der Waals surface area contributed by atoms with Crippen molar-refractivity contribution < 1.29 is 14.3 Å². The molecule has 1 N–H and O–H groups in total. The van der Waals surface area contributed by atoms with E-state index < -0.39 is 0 Å². The number of fused-ring (bicyclic) bond motifs is 1. The molecular weight excluding hydrogens is 410 g/mol. The molecule has 1 atom stereocenters. The van der Waals surface area contributed by atoms with Crippen LogP contribution < -0.4 is 14.8 Å². The van der Waals surface area contributed by atoms with Gasteiger partial charge in [0.2, 0.25) is 5.91 Å². The minimum Gasteiger partial charge on any atom is -0.486 e. The summed E-state index contributed by atoms with van der Waals surface area (Å²) in [5.74, 6) is 2.23. The summed E-state index contributed by atoms with van der Waals surface area (Å²) >= 11 is 3.35. The number of carbonyl (C=O) groups is 1. The summed E-state index contributed by atoms with van der Waals surface area (Å²) in [6.07, 6.45) is 3.58. The van der Waals surface area contributed by atoms with Gasteiger partial charge in [0, 0.05) is 29.3 Å². The number of anilines is 1. The number of carbonyl (C=O) groups excluding carboxylic acids is 1. The molecule has 1 aromatic carbocycles. The first kappa shape index (κ1) is 18.3. The summed E-state index contributed by atoms with van der Waals surface area (Å²) in [4.78, 5) is 19.2. The van der Waals surface area contributed by atoms with Crippen molar-refractivity contribution in [2.75, 3.05) is 31.6 Å². The number of aromatic nitrogens is 1. The van der Waals surface area contributed by atoms with E-state index in [0.717, 1.165) is 54.0 Å². The monoisotopic (exact) mass is 431 g/mol. The van der Waals surface area contributed by atoms with Gasteiger partial charge in [0.05, 0.1) is 5.92 Å². The van der Waals surface area contributed by atoms with E-state index >= 15 is 0 Å². The Morgan fingerprint density at radius 3 is 3.00 bits per heavy atom. The number of ether oxygens (including phenoxy) is 2. The maximum Gasteiger partial charge on any atom is 0.229 e. The fourth-order valence-electron chi connectivity index (χ4n) is 3.59. The lowest BCUT2D eigenvalue weighted by Gasteiger charge is -2.32. The summed E-state index contributed by atoms with van der Waals surface area (Å²) in [6, 6.07) is 9.68. The van der Waals surface area contributed by atoms with Gasteiger partial charge in [0.15, 0.2) is 11.5 Å². The Morgan fingerprint density at radius 2 is 2.15 bits per heavy atom. The molecule has 1 saturated heterocycles. The zero-order valence-corrected chi connectivity index (χ0v) is 16.6. The van der Waals surface area contributed by atoms with Crippen molar-refractivity contribution in [1.29, 1.82) is 0 Å². The molecule has 3 heterocycles. The smallest absolute Gasteiger partial charge is 0.229 e. The number of amides is 1. The van der Waals surface area contributed by atoms with Crippen LogP contribution >= 0.6 is 15.9 Å². The van der Waals surface area contributed by atoms with Crippen LogP contribution in [0.3, 0.4) is 0 Å². The molecule has 6 nitrogen and oxygen atoms in total. The first-order valence-corrected chi connectivity index (χ1v) is 10.0. The lowest BCUT2D eigenvalue weighted by molar-refractivity contribution is -0.121. The van der Waals surface area contributed by atoms with Crippen LogP contribution in [0, 0.1) is 5.92 Å². The van der Waals surface area contributed by atoms with E-state index in [1.54, 1.807) is 12.3 Å². The van der Waals surface area contributed by atoms with Crippen LogP contribution in [0.2, 0.25) is 0 Å². The second kappa shape index (κ2) is 8.27. The number of rotatable bonds is 4. The van der Waals surface area contributed by atoms with Crippen molar-refractivity contribution in [3.8, 4) is 11.5 Å². The van der Waals surface area contributed by atoms with Gasteiger partial charge in [-0.3, -0.25) is 9.69 Å². The number of benzene rings is 1. The lowest BCUT2D eigenvalue weighted by atomic mass is 9.96. The van der Waals surface area contributed by atoms with Crippen LogP contribution in [0.4, 0.5) is 5.82 Å². The summed E-state index contributed by atoms with van der Waals surface area (Å²) in [7, 11) is 0. The van der Waals surface area contributed by atoms with E-state index in [1.165, 1.54) is 0 Å². The van der Waals surface area contributed by atoms with Gasteiger partial charge >= 0.3 is 0 Å². The average Bonchev–Trinajstić information content (AvgIpc) is 2.70. The topological polar surface area (TPSA) is 63.7 Å². The van der Waals surface area contributed by atoms with Gasteiger partial charge in [-0.15, -0.1) is 0 Å². The first-order chi connectivity index (χ1) is 13.2. The Kier molecular flexibility index (Phi) is 5.59. The van der Waals surface area contributed by atoms with Crippen LogP contribution in [0.15, 0.2) is 41.0 Å². The first-order valence-electron chi connectivity index (χ1n) is 9.21. The van der Waals surface area contributed by atoms with Gasteiger partial charge in [-0.2, -0.15) is 0 Å². The number of halogens is 1. The zero-order valence-electron chi connectivity index (χ0n) is 15.0. The predicted octanol–water partition coefficient (Wildman–Crippen LogP) is 3.47. The van der Waals surface area contributed by atoms with Crippen molar-refractivity contribution in [2.24, 2.45) is 5.92 Å². The zero-order chi connectivity index (χ0) is 18.6. The Labute approximate surface area is 167 Å². The number of hydrogen-bond donors (Lipinski definition) is 1. The van der Waals surface area contributed by atoms with E-state index in [-0.39, 0.29) is 11.8 Å². The highest BCUT2D eigenvalue weighted by Crippen LogP contribution is 2.35. The van der Waals surface area contributed by atoms with Crippen LogP contribution in [0.1, 0.15) is 18.4 Å². The van der Waals surface area contributed by atoms with Crippen LogP contribution in [-0.2, 0) is 11.3 Å². The SMILES string of the molecule is O=C(Nc1ccc(Br)cn1)C1CCCN(Cc2cccc3c2OCCO3)C1. The molecule has 0 radical (unpaired) electrons. The molecule has 4 rings (SSSR count). The van der Waals surface area contributed by atoms with E-state index in [9.17, 15) is 4.79 Å². The van der Waals surface area contributed by atoms with Crippen molar-refractivity contribution >= 4 is 27.7 Å². The highest BCUT2D eigenvalue weighted by Gasteiger charge is 2.27. The normalized spacial score (nSPS) is 19.5. The van der Waals surface area contributed by atoms with Gasteiger partial charge in [0.1, 0.15) is 19.0 Å². The molecule has 1 unspecified atom stereocenters. The Balaban J connectivity index is 1.39. The van der Waals surface area contributed by atoms with Crippen molar-refractivity contribution in [3.05, 3.63) is 46.6 Å². The van der Waals surface area contributed by atoms with Crippen LogP contribution in [0.25, 0.3) is 0 Å². The van der Waals surface area contributed by atoms with Gasteiger partial charge in [-0.1, -0.05) is 12.1 Å². The van der Waals surface area contributed by atoms with Crippen LogP contribution in [-0.4, -0.2) is 42.1 Å². The van der Waals surface area contributed by atoms with E-state index in [1.807, 2.05) is 18.2 Å². The summed E-state index contributed by atoms with van der Waals surface area (Å²) in [5, 5.41) is 2.93. The Bertz CT molecular complexity index is 813. The number of nitrogens with one attached hydrogen (secondary N) is 1. The van der Waals surface area contributed by atoms with E-state index in [2.05, 4.69) is 37.2 Å². The number of hydrogen-bond acceptors (Lipinski definition) is 5. The highest BCUT2D eigenvalue weighted by atomic mass is 79.9. The summed E-state index contributed by atoms with van der Waals surface area (Å²) in [6.45, 7) is 3.63. The Hall–Kier alpha value is -2.12. The lowest BCUT2D eigenvalue weighted by Crippen LogP contribution is -2.40. The number of piperidine rings is 1. The fourth-order valence-corrected chi connectivity index (χ4v) is 3.83. The number of nitrogens with zero attached hydrogens (tertiary/aromatic N) is 2. The molecule has 0 saturated carbocycles. The molecule has 2 aliphatic rings. The quantitative estimate of drug-likeness (QED) is 0.802. The fraction of sp³-hybridized carbons (Fsp3) is 0.400. The number of likely N-dealkylation sites (tertiary alicyclic amines) is 1. The largest absolute Gasteiger partial charge is 0.486 e. The molecular formula is C20H22BrN3O3. The molecule has 1 fully saturated rings. The number of pyridine rings is 1. The molecule has 142 valence electrons. The van der Waals surface area contributed by atoms with Gasteiger partial charge < -0.3 is 14.8 Å². The maximum atomic E-state index is 12.6. The molecule has 2 aromatic rings. The summed E-state index contributed by atoms with van der Waals surface area (Å²) < 4.78 is 12.4. The van der Waals surface area contributed by atoms with E-state index in [0.29, 0.717) is 19.0 Å². The molecule has 7 heteroatoms. The van der Waals surface area contributed by atoms with Gasteiger partial charge in [0.25, 0.3) is 0 Å². The Morgan fingerprint density at radius 1 is 1.26 bits per heavy atom.